The van der Waals surface area contributed by atoms with Crippen molar-refractivity contribution in [2.45, 2.75) is 27.3 Å². The minimum atomic E-state index is -0.647. The lowest BCUT2D eigenvalue weighted by Crippen LogP contribution is -2.23. The standard InChI is InChI=1S/C22H19FN4O3S/c1-13-4-9-19(14(2)10-13)27(15(3)28)21-24-18(12-31-21)11-26-22(29)30-20(25-26)16-5-7-17(23)8-6-16/h4-10,12H,11H2,1-3H3. The normalized spacial score (nSPS) is 11.0. The molecule has 0 spiro atoms. The van der Waals surface area contributed by atoms with Crippen LogP contribution >= 0.6 is 11.3 Å². The Kier molecular flexibility index (Phi) is 5.51. The maximum Gasteiger partial charge on any atom is 0.437 e. The van der Waals surface area contributed by atoms with E-state index >= 15 is 0 Å². The maximum atomic E-state index is 13.1. The molecular weight excluding hydrogens is 419 g/mol. The highest BCUT2D eigenvalue weighted by atomic mass is 32.1. The summed E-state index contributed by atoms with van der Waals surface area (Å²) in [7, 11) is 0. The van der Waals surface area contributed by atoms with Gasteiger partial charge in [-0.1, -0.05) is 17.7 Å². The number of hydrogen-bond donors (Lipinski definition) is 0. The van der Waals surface area contributed by atoms with E-state index in [2.05, 4.69) is 10.1 Å². The first kappa shape index (κ1) is 20.7. The van der Waals surface area contributed by atoms with Gasteiger partial charge in [0, 0.05) is 17.9 Å². The lowest BCUT2D eigenvalue weighted by atomic mass is 10.1. The largest absolute Gasteiger partial charge is 0.437 e. The summed E-state index contributed by atoms with van der Waals surface area (Å²) in [6.07, 6.45) is 0. The number of aromatic nitrogens is 3. The number of benzene rings is 2. The van der Waals surface area contributed by atoms with E-state index in [4.69, 9.17) is 4.42 Å². The molecule has 4 aromatic rings. The average Bonchev–Trinajstić information content (AvgIpc) is 3.31. The Hall–Kier alpha value is -3.59. The van der Waals surface area contributed by atoms with Crippen LogP contribution in [0, 0.1) is 19.7 Å². The molecule has 7 nitrogen and oxygen atoms in total. The van der Waals surface area contributed by atoms with Crippen LogP contribution < -0.4 is 10.7 Å². The van der Waals surface area contributed by atoms with Crippen molar-refractivity contribution < 1.29 is 13.6 Å². The molecule has 0 aliphatic carbocycles. The minimum absolute atomic E-state index is 0.0820. The van der Waals surface area contributed by atoms with E-state index in [9.17, 15) is 14.0 Å². The second kappa shape index (κ2) is 8.27. The second-order valence-electron chi connectivity index (χ2n) is 7.10. The van der Waals surface area contributed by atoms with Crippen molar-refractivity contribution in [1.82, 2.24) is 14.8 Å². The summed E-state index contributed by atoms with van der Waals surface area (Å²) < 4.78 is 19.4. The molecule has 2 aromatic carbocycles. The van der Waals surface area contributed by atoms with Gasteiger partial charge >= 0.3 is 5.76 Å². The number of carbonyl (C=O) groups excluding carboxylic acids is 1. The van der Waals surface area contributed by atoms with Crippen LogP contribution in [0.1, 0.15) is 23.7 Å². The monoisotopic (exact) mass is 438 g/mol. The van der Waals surface area contributed by atoms with Gasteiger partial charge in [0.05, 0.1) is 17.9 Å². The molecule has 9 heteroatoms. The predicted octanol–water partition coefficient (Wildman–Crippen LogP) is 4.45. The number of rotatable bonds is 5. The number of anilines is 2. The van der Waals surface area contributed by atoms with Crippen molar-refractivity contribution >= 4 is 28.1 Å². The summed E-state index contributed by atoms with van der Waals surface area (Å²) >= 11 is 1.30. The molecule has 0 radical (unpaired) electrons. The van der Waals surface area contributed by atoms with Gasteiger partial charge in [-0.05, 0) is 49.7 Å². The Labute approximate surface area is 181 Å². The number of aryl methyl sites for hydroxylation is 2. The number of thiazole rings is 1. The Morgan fingerprint density at radius 2 is 1.94 bits per heavy atom. The summed E-state index contributed by atoms with van der Waals surface area (Å²) in [6, 6.07) is 11.4. The third kappa shape index (κ3) is 4.31. The molecule has 4 rings (SSSR count). The summed E-state index contributed by atoms with van der Waals surface area (Å²) in [5, 5.41) is 6.45. The Bertz CT molecular complexity index is 1310. The van der Waals surface area contributed by atoms with Crippen LogP contribution in [0.25, 0.3) is 11.5 Å². The van der Waals surface area contributed by atoms with E-state index in [0.717, 1.165) is 21.5 Å². The van der Waals surface area contributed by atoms with Crippen molar-refractivity contribution in [3.05, 3.63) is 81.0 Å². The fraction of sp³-hybridized carbons (Fsp3) is 0.182. The fourth-order valence-corrected chi connectivity index (χ4v) is 4.07. The molecule has 2 aromatic heterocycles. The molecule has 0 aliphatic heterocycles. The molecule has 0 saturated carbocycles. The zero-order valence-electron chi connectivity index (χ0n) is 17.1. The highest BCUT2D eigenvalue weighted by Crippen LogP contribution is 2.31. The summed E-state index contributed by atoms with van der Waals surface area (Å²) in [5.41, 5.74) is 3.89. The van der Waals surface area contributed by atoms with Gasteiger partial charge in [0.1, 0.15) is 5.82 Å². The first-order valence-corrected chi connectivity index (χ1v) is 10.4. The number of halogens is 1. The smallest absolute Gasteiger partial charge is 0.388 e. The van der Waals surface area contributed by atoms with Crippen LogP contribution in [-0.2, 0) is 11.3 Å². The van der Waals surface area contributed by atoms with Crippen LogP contribution in [0.4, 0.5) is 15.2 Å². The zero-order chi connectivity index (χ0) is 22.1. The Balaban J connectivity index is 1.61. The quantitative estimate of drug-likeness (QED) is 0.460. The van der Waals surface area contributed by atoms with Crippen LogP contribution in [0.5, 0.6) is 0 Å². The van der Waals surface area contributed by atoms with Crippen molar-refractivity contribution in [3.63, 3.8) is 0 Å². The number of nitrogens with zero attached hydrogens (tertiary/aromatic N) is 4. The third-order valence-electron chi connectivity index (χ3n) is 4.65. The van der Waals surface area contributed by atoms with Crippen molar-refractivity contribution in [1.29, 1.82) is 0 Å². The molecule has 2 heterocycles. The molecule has 158 valence electrons. The molecule has 0 unspecified atom stereocenters. The van der Waals surface area contributed by atoms with Crippen LogP contribution in [0.15, 0.2) is 57.1 Å². The van der Waals surface area contributed by atoms with E-state index < -0.39 is 5.76 Å². The van der Waals surface area contributed by atoms with E-state index in [0.29, 0.717) is 16.4 Å². The highest BCUT2D eigenvalue weighted by Gasteiger charge is 2.20. The van der Waals surface area contributed by atoms with E-state index in [1.165, 1.54) is 42.5 Å². The summed E-state index contributed by atoms with van der Waals surface area (Å²) in [6.45, 7) is 5.50. The summed E-state index contributed by atoms with van der Waals surface area (Å²) in [4.78, 5) is 30.7. The molecule has 0 fully saturated rings. The van der Waals surface area contributed by atoms with Gasteiger partial charge in [0.2, 0.25) is 11.8 Å². The minimum Gasteiger partial charge on any atom is -0.388 e. The van der Waals surface area contributed by atoms with Crippen molar-refractivity contribution in [2.24, 2.45) is 0 Å². The molecule has 0 aliphatic rings. The van der Waals surface area contributed by atoms with Gasteiger partial charge in [-0.3, -0.25) is 9.69 Å². The average molecular weight is 438 g/mol. The predicted molar refractivity (Wildman–Crippen MR) is 116 cm³/mol. The molecule has 1 amide bonds. The fourth-order valence-electron chi connectivity index (χ4n) is 3.20. The third-order valence-corrected chi connectivity index (χ3v) is 5.52. The van der Waals surface area contributed by atoms with Gasteiger partial charge in [-0.25, -0.2) is 14.2 Å². The lowest BCUT2D eigenvalue weighted by Gasteiger charge is -2.20. The Morgan fingerprint density at radius 1 is 1.19 bits per heavy atom. The number of hydrogen-bond acceptors (Lipinski definition) is 6. The Morgan fingerprint density at radius 3 is 2.61 bits per heavy atom. The molecule has 0 bridgehead atoms. The van der Waals surface area contributed by atoms with Crippen LogP contribution in [0.2, 0.25) is 0 Å². The number of amides is 1. The molecular formula is C22H19FN4O3S. The van der Waals surface area contributed by atoms with E-state index in [1.807, 2.05) is 32.0 Å². The van der Waals surface area contributed by atoms with Gasteiger partial charge in [-0.15, -0.1) is 16.4 Å². The van der Waals surface area contributed by atoms with Crippen molar-refractivity contribution in [2.75, 3.05) is 4.90 Å². The van der Waals surface area contributed by atoms with Gasteiger partial charge in [-0.2, -0.15) is 4.68 Å². The SMILES string of the molecule is CC(=O)N(c1nc(Cn2nc(-c3ccc(F)cc3)oc2=O)cs1)c1ccc(C)cc1C. The summed E-state index contributed by atoms with van der Waals surface area (Å²) in [5.74, 6) is -1.10. The molecule has 0 atom stereocenters. The first-order valence-electron chi connectivity index (χ1n) is 9.48. The van der Waals surface area contributed by atoms with Gasteiger partial charge < -0.3 is 4.42 Å². The molecule has 0 saturated heterocycles. The highest BCUT2D eigenvalue weighted by molar-refractivity contribution is 7.14. The topological polar surface area (TPSA) is 81.2 Å². The second-order valence-corrected chi connectivity index (χ2v) is 7.94. The van der Waals surface area contributed by atoms with Crippen molar-refractivity contribution in [3.8, 4) is 11.5 Å². The van der Waals surface area contributed by atoms with Gasteiger partial charge in [0.15, 0.2) is 5.13 Å². The van der Waals surface area contributed by atoms with E-state index in [1.54, 1.807) is 10.3 Å². The van der Waals surface area contributed by atoms with E-state index in [-0.39, 0.29) is 24.2 Å². The number of carbonyl (C=O) groups is 1. The zero-order valence-corrected chi connectivity index (χ0v) is 17.9. The maximum absolute atomic E-state index is 13.1. The molecule has 0 N–H and O–H groups in total. The van der Waals surface area contributed by atoms with Crippen LogP contribution in [0.3, 0.4) is 0 Å². The van der Waals surface area contributed by atoms with Gasteiger partial charge in [0.25, 0.3) is 0 Å². The molecule has 31 heavy (non-hydrogen) atoms. The van der Waals surface area contributed by atoms with Crippen LogP contribution in [-0.4, -0.2) is 20.7 Å². The lowest BCUT2D eigenvalue weighted by molar-refractivity contribution is -0.115. The first-order chi connectivity index (χ1) is 14.8.